The summed E-state index contributed by atoms with van der Waals surface area (Å²) < 4.78 is 7.79. The zero-order valence-electron chi connectivity index (χ0n) is 14.9. The Labute approximate surface area is 138 Å². The quantitative estimate of drug-likeness (QED) is 0.849. The molecule has 2 aromatic rings. The molecule has 0 amide bonds. The fraction of sp³-hybridized carbons (Fsp3) is 0.611. The van der Waals surface area contributed by atoms with Gasteiger partial charge in [0.2, 0.25) is 0 Å². The second-order valence-corrected chi connectivity index (χ2v) is 7.04. The van der Waals surface area contributed by atoms with Gasteiger partial charge in [0.15, 0.2) is 0 Å². The number of hydrogen-bond donors (Lipinski definition) is 0. The van der Waals surface area contributed by atoms with Crippen LogP contribution in [0.2, 0.25) is 0 Å². The van der Waals surface area contributed by atoms with E-state index in [0.29, 0.717) is 12.1 Å². The minimum atomic E-state index is 0.500. The molecule has 0 aliphatic carbocycles. The van der Waals surface area contributed by atoms with Gasteiger partial charge in [-0.05, 0) is 58.0 Å². The fourth-order valence-electron chi connectivity index (χ4n) is 3.71. The van der Waals surface area contributed by atoms with Crippen molar-refractivity contribution in [3.8, 4) is 0 Å². The second-order valence-electron chi connectivity index (χ2n) is 7.04. The molecule has 5 heteroatoms. The first kappa shape index (κ1) is 16.3. The van der Waals surface area contributed by atoms with Gasteiger partial charge in [0.25, 0.3) is 0 Å². The Morgan fingerprint density at radius 1 is 1.35 bits per heavy atom. The maximum absolute atomic E-state index is 5.90. The summed E-state index contributed by atoms with van der Waals surface area (Å²) in [6.45, 7) is 6.16. The van der Waals surface area contributed by atoms with Crippen molar-refractivity contribution in [2.75, 3.05) is 20.6 Å². The molecule has 0 N–H and O–H groups in total. The average Bonchev–Trinajstić information content (AvgIpc) is 3.14. The number of nitrogens with zero attached hydrogens (tertiary/aromatic N) is 4. The topological polar surface area (TPSA) is 37.4 Å². The third-order valence-electron chi connectivity index (χ3n) is 5.07. The lowest BCUT2D eigenvalue weighted by Crippen LogP contribution is -2.43. The maximum atomic E-state index is 5.90. The minimum absolute atomic E-state index is 0.500. The molecule has 0 spiro atoms. The molecule has 0 bridgehead atoms. The van der Waals surface area contributed by atoms with Crippen molar-refractivity contribution in [1.29, 1.82) is 0 Å². The van der Waals surface area contributed by atoms with Crippen molar-refractivity contribution in [3.05, 3.63) is 41.1 Å². The molecule has 2 aromatic heterocycles. The minimum Gasteiger partial charge on any atom is -0.465 e. The molecule has 3 heterocycles. The molecule has 2 atom stereocenters. The van der Waals surface area contributed by atoms with Gasteiger partial charge in [0, 0.05) is 31.9 Å². The molecule has 1 aliphatic heterocycles. The van der Waals surface area contributed by atoms with Crippen LogP contribution < -0.4 is 0 Å². The van der Waals surface area contributed by atoms with Crippen LogP contribution in [0.25, 0.3) is 0 Å². The predicted molar refractivity (Wildman–Crippen MR) is 91.4 cm³/mol. The first-order chi connectivity index (χ1) is 10.9. The van der Waals surface area contributed by atoms with Crippen molar-refractivity contribution in [2.45, 2.75) is 45.3 Å². The summed E-state index contributed by atoms with van der Waals surface area (Å²) in [5.41, 5.74) is 2.55. The van der Waals surface area contributed by atoms with Gasteiger partial charge in [-0.2, -0.15) is 5.10 Å². The number of likely N-dealkylation sites (tertiary alicyclic amines) is 1. The van der Waals surface area contributed by atoms with E-state index in [0.717, 1.165) is 31.0 Å². The van der Waals surface area contributed by atoms with E-state index in [4.69, 9.17) is 4.42 Å². The van der Waals surface area contributed by atoms with E-state index in [1.807, 2.05) is 24.9 Å². The predicted octanol–water partition coefficient (Wildman–Crippen LogP) is 2.38. The smallest absolute Gasteiger partial charge is 0.118 e. The van der Waals surface area contributed by atoms with Crippen molar-refractivity contribution in [3.63, 3.8) is 0 Å². The van der Waals surface area contributed by atoms with E-state index < -0.39 is 0 Å². The van der Waals surface area contributed by atoms with Crippen LogP contribution in [0.5, 0.6) is 0 Å². The number of likely N-dealkylation sites (N-methyl/N-ethyl adjacent to an activating group) is 1. The van der Waals surface area contributed by atoms with Crippen LogP contribution in [0.15, 0.2) is 22.9 Å². The highest BCUT2D eigenvalue weighted by Crippen LogP contribution is 2.27. The molecule has 0 radical (unpaired) electrons. The first-order valence-corrected chi connectivity index (χ1v) is 8.38. The van der Waals surface area contributed by atoms with Gasteiger partial charge < -0.3 is 9.32 Å². The van der Waals surface area contributed by atoms with Crippen LogP contribution >= 0.6 is 0 Å². The summed E-state index contributed by atoms with van der Waals surface area (Å²) in [6, 6.07) is 3.26. The number of aromatic nitrogens is 2. The lowest BCUT2D eigenvalue weighted by molar-refractivity contribution is 0.168. The zero-order valence-corrected chi connectivity index (χ0v) is 14.9. The third-order valence-corrected chi connectivity index (χ3v) is 5.07. The highest BCUT2D eigenvalue weighted by Gasteiger charge is 2.36. The Morgan fingerprint density at radius 3 is 2.70 bits per heavy atom. The van der Waals surface area contributed by atoms with Gasteiger partial charge in [0.05, 0.1) is 12.7 Å². The summed E-state index contributed by atoms with van der Waals surface area (Å²) >= 11 is 0. The van der Waals surface area contributed by atoms with Gasteiger partial charge in [-0.3, -0.25) is 9.58 Å². The summed E-state index contributed by atoms with van der Waals surface area (Å²) in [7, 11) is 6.35. The Balaban J connectivity index is 1.77. The van der Waals surface area contributed by atoms with E-state index in [1.165, 1.54) is 17.5 Å². The second kappa shape index (κ2) is 6.49. The van der Waals surface area contributed by atoms with Crippen LogP contribution in [-0.2, 0) is 20.0 Å². The van der Waals surface area contributed by atoms with E-state index in [1.54, 1.807) is 0 Å². The lowest BCUT2D eigenvalue weighted by atomic mass is 10.0. The Morgan fingerprint density at radius 2 is 2.13 bits per heavy atom. The van der Waals surface area contributed by atoms with Crippen molar-refractivity contribution < 1.29 is 4.42 Å². The molecular formula is C18H28N4O. The van der Waals surface area contributed by atoms with Crippen LogP contribution in [-0.4, -0.2) is 52.3 Å². The average molecular weight is 316 g/mol. The van der Waals surface area contributed by atoms with Gasteiger partial charge >= 0.3 is 0 Å². The molecule has 0 aromatic carbocycles. The van der Waals surface area contributed by atoms with Crippen molar-refractivity contribution in [2.24, 2.45) is 7.05 Å². The number of rotatable bonds is 5. The normalized spacial score (nSPS) is 22.3. The largest absolute Gasteiger partial charge is 0.465 e. The summed E-state index contributed by atoms with van der Waals surface area (Å²) in [5, 5.41) is 4.32. The van der Waals surface area contributed by atoms with Gasteiger partial charge in [-0.25, -0.2) is 0 Å². The molecule has 1 saturated heterocycles. The first-order valence-electron chi connectivity index (χ1n) is 8.38. The van der Waals surface area contributed by atoms with Crippen molar-refractivity contribution >= 4 is 0 Å². The number of hydrogen-bond acceptors (Lipinski definition) is 4. The van der Waals surface area contributed by atoms with E-state index >= 15 is 0 Å². The van der Waals surface area contributed by atoms with Gasteiger partial charge in [-0.15, -0.1) is 0 Å². The number of furan rings is 1. The van der Waals surface area contributed by atoms with E-state index in [9.17, 15) is 0 Å². The highest BCUT2D eigenvalue weighted by atomic mass is 16.3. The molecular weight excluding hydrogens is 288 g/mol. The molecule has 0 unspecified atom stereocenters. The Hall–Kier alpha value is -1.59. The monoisotopic (exact) mass is 316 g/mol. The Bertz CT molecular complexity index is 638. The molecule has 0 saturated carbocycles. The summed E-state index contributed by atoms with van der Waals surface area (Å²) in [5.74, 6) is 2.11. The third kappa shape index (κ3) is 3.51. The fourth-order valence-corrected chi connectivity index (χ4v) is 3.71. The van der Waals surface area contributed by atoms with E-state index in [2.05, 4.69) is 48.2 Å². The van der Waals surface area contributed by atoms with Gasteiger partial charge in [0.1, 0.15) is 11.5 Å². The highest BCUT2D eigenvalue weighted by molar-refractivity contribution is 5.19. The maximum Gasteiger partial charge on any atom is 0.118 e. The molecule has 1 fully saturated rings. The SMILES string of the molecule is Cc1cc(CN2CC[C@@H](N(C)C)[C@@H]2Cc2cnn(C)c2)oc1C. The lowest BCUT2D eigenvalue weighted by Gasteiger charge is -2.31. The summed E-state index contributed by atoms with van der Waals surface area (Å²) in [4.78, 5) is 4.93. The Kier molecular flexibility index (Phi) is 4.60. The van der Waals surface area contributed by atoms with E-state index in [-0.39, 0.29) is 0 Å². The van der Waals surface area contributed by atoms with Crippen LogP contribution in [0.1, 0.15) is 29.1 Å². The van der Waals surface area contributed by atoms with Crippen LogP contribution in [0.3, 0.4) is 0 Å². The van der Waals surface area contributed by atoms with Gasteiger partial charge in [-0.1, -0.05) is 0 Å². The van der Waals surface area contributed by atoms with Crippen LogP contribution in [0, 0.1) is 13.8 Å². The number of aryl methyl sites for hydroxylation is 3. The van der Waals surface area contributed by atoms with Crippen LogP contribution in [0.4, 0.5) is 0 Å². The molecule has 5 nitrogen and oxygen atoms in total. The molecule has 126 valence electrons. The zero-order chi connectivity index (χ0) is 16.6. The molecule has 23 heavy (non-hydrogen) atoms. The molecule has 1 aliphatic rings. The standard InChI is InChI=1S/C18H28N4O/c1-13-8-16(23-14(13)2)12-22-7-6-17(20(3)4)18(22)9-15-10-19-21(5)11-15/h8,10-11,17-18H,6-7,9,12H2,1-5H3/t17-,18+/m1/s1. The summed E-state index contributed by atoms with van der Waals surface area (Å²) in [6.07, 6.45) is 6.36. The molecule has 3 rings (SSSR count). The van der Waals surface area contributed by atoms with Crippen molar-refractivity contribution in [1.82, 2.24) is 19.6 Å².